The average molecular weight is 282 g/mol. The minimum Gasteiger partial charge on any atom is -0.482 e. The third kappa shape index (κ3) is 4.83. The predicted octanol–water partition coefficient (Wildman–Crippen LogP) is 3.11. The van der Waals surface area contributed by atoms with Crippen LogP contribution in [-0.4, -0.2) is 24.6 Å². The Morgan fingerprint density at radius 1 is 1.44 bits per heavy atom. The van der Waals surface area contributed by atoms with Crippen LogP contribution in [0.5, 0.6) is 5.75 Å². The number of carbonyl (C=O) groups is 1. The molecular formula is C11H11ClF3NO2. The number of aryl methyl sites for hydroxylation is 1. The second-order valence-electron chi connectivity index (χ2n) is 3.59. The largest absolute Gasteiger partial charge is 0.482 e. The number of halogens is 4. The minimum absolute atomic E-state index is 0.0450. The SMILES string of the molecule is Cc1ccc(OCC(F)(F)F)c(NC(=O)CCl)c1. The molecule has 0 aliphatic rings. The van der Waals surface area contributed by atoms with Gasteiger partial charge in [-0.25, -0.2) is 0 Å². The Balaban J connectivity index is 2.86. The van der Waals surface area contributed by atoms with Gasteiger partial charge in [0.1, 0.15) is 11.6 Å². The number of alkyl halides is 4. The molecule has 0 bridgehead atoms. The molecule has 0 atom stereocenters. The number of hydrogen-bond acceptors (Lipinski definition) is 2. The van der Waals surface area contributed by atoms with Crippen LogP contribution in [0, 0.1) is 6.92 Å². The van der Waals surface area contributed by atoms with Gasteiger partial charge < -0.3 is 10.1 Å². The van der Waals surface area contributed by atoms with Crippen molar-refractivity contribution in [1.29, 1.82) is 0 Å². The van der Waals surface area contributed by atoms with Crippen molar-refractivity contribution in [2.24, 2.45) is 0 Å². The topological polar surface area (TPSA) is 38.3 Å². The first-order valence-corrected chi connectivity index (χ1v) is 5.51. The summed E-state index contributed by atoms with van der Waals surface area (Å²) in [6.45, 7) is 0.323. The lowest BCUT2D eigenvalue weighted by Gasteiger charge is -2.14. The van der Waals surface area contributed by atoms with E-state index in [2.05, 4.69) is 10.1 Å². The second-order valence-corrected chi connectivity index (χ2v) is 3.85. The summed E-state index contributed by atoms with van der Waals surface area (Å²) >= 11 is 5.31. The van der Waals surface area contributed by atoms with E-state index in [1.165, 1.54) is 12.1 Å². The zero-order chi connectivity index (χ0) is 13.8. The van der Waals surface area contributed by atoms with Gasteiger partial charge in [-0.15, -0.1) is 11.6 Å². The third-order valence-corrected chi connectivity index (χ3v) is 2.16. The molecule has 0 spiro atoms. The lowest BCUT2D eigenvalue weighted by atomic mass is 10.2. The van der Waals surface area contributed by atoms with Crippen LogP contribution in [0.4, 0.5) is 18.9 Å². The quantitative estimate of drug-likeness (QED) is 0.861. The Hall–Kier alpha value is -1.43. The maximum Gasteiger partial charge on any atom is 0.422 e. The van der Waals surface area contributed by atoms with Gasteiger partial charge in [0.05, 0.1) is 5.69 Å². The van der Waals surface area contributed by atoms with Gasteiger partial charge in [0, 0.05) is 0 Å². The van der Waals surface area contributed by atoms with Crippen LogP contribution in [-0.2, 0) is 4.79 Å². The molecule has 0 aliphatic heterocycles. The highest BCUT2D eigenvalue weighted by Crippen LogP contribution is 2.27. The number of rotatable bonds is 4. The first-order valence-electron chi connectivity index (χ1n) is 4.98. The molecule has 1 N–H and O–H groups in total. The van der Waals surface area contributed by atoms with Gasteiger partial charge in [0.25, 0.3) is 0 Å². The highest BCUT2D eigenvalue weighted by Gasteiger charge is 2.28. The van der Waals surface area contributed by atoms with Crippen molar-refractivity contribution in [2.75, 3.05) is 17.8 Å². The van der Waals surface area contributed by atoms with Crippen LogP contribution in [0.1, 0.15) is 5.56 Å². The average Bonchev–Trinajstić information content (AvgIpc) is 2.26. The van der Waals surface area contributed by atoms with Gasteiger partial charge in [-0.05, 0) is 24.6 Å². The minimum atomic E-state index is -4.43. The molecule has 0 heterocycles. The van der Waals surface area contributed by atoms with Crippen molar-refractivity contribution in [2.45, 2.75) is 13.1 Å². The zero-order valence-corrected chi connectivity index (χ0v) is 10.2. The molecule has 0 aliphatic carbocycles. The van der Waals surface area contributed by atoms with E-state index in [0.717, 1.165) is 5.56 Å². The number of amides is 1. The first kappa shape index (κ1) is 14.6. The number of ether oxygens (including phenoxy) is 1. The predicted molar refractivity (Wildman–Crippen MR) is 62.1 cm³/mol. The maximum atomic E-state index is 12.0. The summed E-state index contributed by atoms with van der Waals surface area (Å²) in [6.07, 6.45) is -4.43. The molecule has 1 aromatic rings. The molecule has 100 valence electrons. The summed E-state index contributed by atoms with van der Waals surface area (Å²) in [5.74, 6) is -0.845. The summed E-state index contributed by atoms with van der Waals surface area (Å²) in [6, 6.07) is 4.46. The van der Waals surface area contributed by atoms with Crippen LogP contribution in [0.25, 0.3) is 0 Å². The van der Waals surface area contributed by atoms with Gasteiger partial charge in [-0.3, -0.25) is 4.79 Å². The number of carbonyl (C=O) groups excluding carboxylic acids is 1. The molecule has 0 fully saturated rings. The van der Waals surface area contributed by atoms with Gasteiger partial charge in [0.2, 0.25) is 5.91 Å². The fraction of sp³-hybridized carbons (Fsp3) is 0.364. The molecule has 0 saturated heterocycles. The van der Waals surface area contributed by atoms with Crippen LogP contribution in [0.3, 0.4) is 0 Å². The highest BCUT2D eigenvalue weighted by molar-refractivity contribution is 6.29. The van der Waals surface area contributed by atoms with Crippen molar-refractivity contribution < 1.29 is 22.7 Å². The van der Waals surface area contributed by atoms with Crippen molar-refractivity contribution >= 4 is 23.2 Å². The van der Waals surface area contributed by atoms with Crippen LogP contribution in [0.15, 0.2) is 18.2 Å². The van der Waals surface area contributed by atoms with Gasteiger partial charge in [0.15, 0.2) is 6.61 Å². The fourth-order valence-electron chi connectivity index (χ4n) is 1.21. The van der Waals surface area contributed by atoms with E-state index in [9.17, 15) is 18.0 Å². The summed E-state index contributed by atoms with van der Waals surface area (Å²) in [5.41, 5.74) is 0.948. The van der Waals surface area contributed by atoms with E-state index >= 15 is 0 Å². The summed E-state index contributed by atoms with van der Waals surface area (Å²) in [7, 11) is 0. The Bertz CT molecular complexity index is 435. The summed E-state index contributed by atoms with van der Waals surface area (Å²) < 4.78 is 40.8. The molecule has 3 nitrogen and oxygen atoms in total. The van der Waals surface area contributed by atoms with Crippen molar-refractivity contribution in [3.8, 4) is 5.75 Å². The fourth-order valence-corrected chi connectivity index (χ4v) is 1.28. The molecule has 0 aromatic heterocycles. The van der Waals surface area contributed by atoms with Crippen molar-refractivity contribution in [3.05, 3.63) is 23.8 Å². The van der Waals surface area contributed by atoms with Crippen LogP contribution >= 0.6 is 11.6 Å². The molecular weight excluding hydrogens is 271 g/mol. The first-order chi connectivity index (χ1) is 8.31. The number of anilines is 1. The molecule has 18 heavy (non-hydrogen) atoms. The normalized spacial score (nSPS) is 11.2. The van der Waals surface area contributed by atoms with E-state index in [0.29, 0.717) is 0 Å². The highest BCUT2D eigenvalue weighted by atomic mass is 35.5. The van der Waals surface area contributed by atoms with E-state index in [1.807, 2.05) is 0 Å². The van der Waals surface area contributed by atoms with Gasteiger partial charge in [-0.1, -0.05) is 6.07 Å². The maximum absolute atomic E-state index is 12.0. The Morgan fingerprint density at radius 2 is 2.11 bits per heavy atom. The summed E-state index contributed by atoms with van der Waals surface area (Å²) in [4.78, 5) is 11.1. The lowest BCUT2D eigenvalue weighted by molar-refractivity contribution is -0.153. The molecule has 1 aromatic carbocycles. The Labute approximate surface area is 107 Å². The van der Waals surface area contributed by atoms with Crippen LogP contribution < -0.4 is 10.1 Å². The lowest BCUT2D eigenvalue weighted by Crippen LogP contribution is -2.20. The third-order valence-electron chi connectivity index (χ3n) is 1.92. The van der Waals surface area contributed by atoms with Crippen molar-refractivity contribution in [3.63, 3.8) is 0 Å². The molecule has 1 amide bonds. The molecule has 0 saturated carbocycles. The molecule has 7 heteroatoms. The molecule has 0 radical (unpaired) electrons. The Kier molecular flexibility index (Phi) is 4.84. The van der Waals surface area contributed by atoms with E-state index in [1.54, 1.807) is 13.0 Å². The Morgan fingerprint density at radius 3 is 2.67 bits per heavy atom. The van der Waals surface area contributed by atoms with Gasteiger partial charge in [-0.2, -0.15) is 13.2 Å². The smallest absolute Gasteiger partial charge is 0.422 e. The van der Waals surface area contributed by atoms with Gasteiger partial charge >= 0.3 is 6.18 Å². The number of nitrogens with one attached hydrogen (secondary N) is 1. The molecule has 1 rings (SSSR count). The summed E-state index contributed by atoms with van der Waals surface area (Å²) in [5, 5.41) is 2.37. The molecule has 0 unspecified atom stereocenters. The van der Waals surface area contributed by atoms with E-state index in [4.69, 9.17) is 11.6 Å². The standard InChI is InChI=1S/C11H11ClF3NO2/c1-7-2-3-9(18-6-11(13,14)15)8(4-7)16-10(17)5-12/h2-4H,5-6H2,1H3,(H,16,17). The van der Waals surface area contributed by atoms with Crippen molar-refractivity contribution in [1.82, 2.24) is 0 Å². The zero-order valence-electron chi connectivity index (χ0n) is 9.47. The van der Waals surface area contributed by atoms with E-state index in [-0.39, 0.29) is 17.3 Å². The van der Waals surface area contributed by atoms with E-state index < -0.39 is 18.7 Å². The number of hydrogen-bond donors (Lipinski definition) is 1. The second kappa shape index (κ2) is 5.95. The monoisotopic (exact) mass is 281 g/mol. The number of benzene rings is 1. The van der Waals surface area contributed by atoms with Crippen LogP contribution in [0.2, 0.25) is 0 Å².